The van der Waals surface area contributed by atoms with Gasteiger partial charge in [-0.1, -0.05) is 0 Å². The molecule has 112 valence electrons. The summed E-state index contributed by atoms with van der Waals surface area (Å²) in [5, 5.41) is 0. The quantitative estimate of drug-likeness (QED) is 0.365. The first-order chi connectivity index (χ1) is 9.07. The summed E-state index contributed by atoms with van der Waals surface area (Å²) >= 11 is 0. The fourth-order valence-corrected chi connectivity index (χ4v) is 2.43. The van der Waals surface area contributed by atoms with Crippen LogP contribution < -0.4 is 0 Å². The molecule has 0 unspecified atom stereocenters. The number of carbonyl (C=O) groups excluding carboxylic acids is 1. The maximum Gasteiger partial charge on any atom is 0.342 e. The summed E-state index contributed by atoms with van der Waals surface area (Å²) < 4.78 is 81.6. The Labute approximate surface area is 111 Å². The monoisotopic (exact) mass is 315 g/mol. The van der Waals surface area contributed by atoms with E-state index in [1.54, 1.807) is 0 Å². The Morgan fingerprint density at radius 2 is 1.45 bits per heavy atom. The predicted octanol–water partition coefficient (Wildman–Crippen LogP) is 1.28. The van der Waals surface area contributed by atoms with E-state index in [2.05, 4.69) is 4.74 Å². The highest BCUT2D eigenvalue weighted by Crippen LogP contribution is 2.29. The van der Waals surface area contributed by atoms with Crippen molar-refractivity contribution >= 4 is 16.0 Å². The largest absolute Gasteiger partial charge is 0.465 e. The van der Waals surface area contributed by atoms with E-state index in [0.29, 0.717) is 4.31 Å². The van der Waals surface area contributed by atoms with Crippen LogP contribution in [0.2, 0.25) is 0 Å². The van der Waals surface area contributed by atoms with Crippen LogP contribution in [0.25, 0.3) is 0 Å². The molecule has 0 aliphatic carbocycles. The summed E-state index contributed by atoms with van der Waals surface area (Å²) in [5.74, 6) is -10.6. The van der Waals surface area contributed by atoms with E-state index in [0.717, 1.165) is 21.2 Å². The maximum absolute atomic E-state index is 13.7. The Hall–Kier alpha value is -1.68. The number of ether oxygens (including phenoxy) is 1. The van der Waals surface area contributed by atoms with E-state index in [1.807, 2.05) is 0 Å². The normalized spacial score (nSPS) is 11.8. The van der Waals surface area contributed by atoms with E-state index >= 15 is 0 Å². The standard InChI is InChI=1S/C10H9F4NO4S/c1-15(2)20(17,18)9-4(10(16)19-3)5(11)6(12)7(13)8(9)14/h1-3H3. The van der Waals surface area contributed by atoms with E-state index in [4.69, 9.17) is 0 Å². The fourth-order valence-electron chi connectivity index (χ4n) is 1.32. The van der Waals surface area contributed by atoms with Crippen molar-refractivity contribution in [1.29, 1.82) is 0 Å². The van der Waals surface area contributed by atoms with Crippen molar-refractivity contribution in [3.8, 4) is 0 Å². The number of sulfonamides is 1. The Bertz CT molecular complexity index is 673. The molecule has 0 radical (unpaired) electrons. The summed E-state index contributed by atoms with van der Waals surface area (Å²) in [6, 6.07) is 0. The Kier molecular flexibility index (Phi) is 4.39. The van der Waals surface area contributed by atoms with Crippen molar-refractivity contribution in [3.05, 3.63) is 28.8 Å². The average molecular weight is 315 g/mol. The molecule has 20 heavy (non-hydrogen) atoms. The first-order valence-electron chi connectivity index (χ1n) is 4.94. The van der Waals surface area contributed by atoms with Crippen LogP contribution >= 0.6 is 0 Å². The Morgan fingerprint density at radius 3 is 1.85 bits per heavy atom. The van der Waals surface area contributed by atoms with Gasteiger partial charge in [-0.3, -0.25) is 0 Å². The number of nitrogens with zero attached hydrogens (tertiary/aromatic N) is 1. The van der Waals surface area contributed by atoms with Gasteiger partial charge in [-0.05, 0) is 0 Å². The van der Waals surface area contributed by atoms with Gasteiger partial charge in [0.2, 0.25) is 10.0 Å². The third-order valence-electron chi connectivity index (χ3n) is 2.35. The lowest BCUT2D eigenvalue weighted by molar-refractivity contribution is 0.0587. The number of esters is 1. The molecule has 1 aromatic carbocycles. The lowest BCUT2D eigenvalue weighted by Gasteiger charge is -2.16. The molecule has 0 aliphatic heterocycles. The average Bonchev–Trinajstić information content (AvgIpc) is 2.38. The molecule has 5 nitrogen and oxygen atoms in total. The zero-order chi connectivity index (χ0) is 15.8. The molecule has 0 fully saturated rings. The molecule has 0 spiro atoms. The number of rotatable bonds is 3. The minimum atomic E-state index is -4.74. The summed E-state index contributed by atoms with van der Waals surface area (Å²) in [6.45, 7) is 0. The molecule has 1 aromatic rings. The Balaban J connectivity index is 3.97. The van der Waals surface area contributed by atoms with Crippen LogP contribution in [0.5, 0.6) is 0 Å². The fraction of sp³-hybridized carbons (Fsp3) is 0.300. The first-order valence-corrected chi connectivity index (χ1v) is 6.38. The van der Waals surface area contributed by atoms with E-state index in [9.17, 15) is 30.8 Å². The van der Waals surface area contributed by atoms with Crippen LogP contribution in [0.15, 0.2) is 4.90 Å². The van der Waals surface area contributed by atoms with Crippen LogP contribution in [0.3, 0.4) is 0 Å². The first kappa shape index (κ1) is 16.4. The second-order valence-corrected chi connectivity index (χ2v) is 5.83. The number of carbonyl (C=O) groups is 1. The third-order valence-corrected chi connectivity index (χ3v) is 4.21. The van der Waals surface area contributed by atoms with Crippen LogP contribution in [0, 0.1) is 23.3 Å². The molecule has 0 aliphatic rings. The molecule has 1 rings (SSSR count). The molecule has 0 N–H and O–H groups in total. The smallest absolute Gasteiger partial charge is 0.342 e. The second kappa shape index (κ2) is 5.37. The van der Waals surface area contributed by atoms with E-state index < -0.39 is 49.7 Å². The zero-order valence-electron chi connectivity index (χ0n) is 10.5. The minimum absolute atomic E-state index is 0.411. The highest BCUT2D eigenvalue weighted by atomic mass is 32.2. The van der Waals surface area contributed by atoms with Gasteiger partial charge in [0, 0.05) is 14.1 Å². The summed E-state index contributed by atoms with van der Waals surface area (Å²) in [4.78, 5) is 9.72. The number of benzene rings is 1. The van der Waals surface area contributed by atoms with Gasteiger partial charge in [-0.2, -0.15) is 0 Å². The molecule has 0 heterocycles. The van der Waals surface area contributed by atoms with Crippen molar-refractivity contribution in [1.82, 2.24) is 4.31 Å². The SMILES string of the molecule is COC(=O)c1c(F)c(F)c(F)c(F)c1S(=O)(=O)N(C)C. The second-order valence-electron chi connectivity index (χ2n) is 3.74. The molecule has 0 aromatic heterocycles. The van der Waals surface area contributed by atoms with Gasteiger partial charge < -0.3 is 4.74 Å². The van der Waals surface area contributed by atoms with Crippen molar-refractivity contribution in [3.63, 3.8) is 0 Å². The van der Waals surface area contributed by atoms with Crippen molar-refractivity contribution in [2.45, 2.75) is 4.90 Å². The summed E-state index contributed by atoms with van der Waals surface area (Å²) in [6.07, 6.45) is 0. The van der Waals surface area contributed by atoms with Crippen LogP contribution in [0.1, 0.15) is 10.4 Å². The van der Waals surface area contributed by atoms with Crippen molar-refractivity contribution < 1.29 is 35.5 Å². The summed E-state index contributed by atoms with van der Waals surface area (Å²) in [7, 11) is -2.12. The molecule has 0 atom stereocenters. The molecule has 0 amide bonds. The van der Waals surface area contributed by atoms with Crippen LogP contribution in [-0.4, -0.2) is 39.9 Å². The zero-order valence-corrected chi connectivity index (χ0v) is 11.3. The van der Waals surface area contributed by atoms with Gasteiger partial charge in [-0.15, -0.1) is 0 Å². The highest BCUT2D eigenvalue weighted by molar-refractivity contribution is 7.89. The number of hydrogen-bond acceptors (Lipinski definition) is 4. The summed E-state index contributed by atoms with van der Waals surface area (Å²) in [5.41, 5.74) is -1.53. The third kappa shape index (κ3) is 2.36. The molecule has 0 bridgehead atoms. The molecular weight excluding hydrogens is 306 g/mol. The molecule has 0 saturated carbocycles. The molecule has 0 saturated heterocycles. The number of halogens is 4. The van der Waals surface area contributed by atoms with Crippen molar-refractivity contribution in [2.75, 3.05) is 21.2 Å². The van der Waals surface area contributed by atoms with Crippen molar-refractivity contribution in [2.24, 2.45) is 0 Å². The van der Waals surface area contributed by atoms with E-state index in [-0.39, 0.29) is 0 Å². The van der Waals surface area contributed by atoms with E-state index in [1.165, 1.54) is 0 Å². The molecular formula is C10H9F4NO4S. The van der Waals surface area contributed by atoms with Gasteiger partial charge in [0.05, 0.1) is 7.11 Å². The van der Waals surface area contributed by atoms with Gasteiger partial charge in [0.25, 0.3) is 0 Å². The van der Waals surface area contributed by atoms with Gasteiger partial charge in [-0.25, -0.2) is 35.1 Å². The van der Waals surface area contributed by atoms with Gasteiger partial charge >= 0.3 is 5.97 Å². The topological polar surface area (TPSA) is 63.7 Å². The Morgan fingerprint density at radius 1 is 1.00 bits per heavy atom. The minimum Gasteiger partial charge on any atom is -0.465 e. The van der Waals surface area contributed by atoms with Crippen LogP contribution in [-0.2, 0) is 14.8 Å². The lowest BCUT2D eigenvalue weighted by Crippen LogP contribution is -2.27. The molecule has 10 heteroatoms. The highest BCUT2D eigenvalue weighted by Gasteiger charge is 2.37. The van der Waals surface area contributed by atoms with Gasteiger partial charge in [0.1, 0.15) is 10.5 Å². The maximum atomic E-state index is 13.7. The lowest BCUT2D eigenvalue weighted by atomic mass is 10.2. The predicted molar refractivity (Wildman–Crippen MR) is 58.5 cm³/mol. The number of methoxy groups -OCH3 is 1. The van der Waals surface area contributed by atoms with Gasteiger partial charge in [0.15, 0.2) is 23.3 Å². The van der Waals surface area contributed by atoms with Crippen LogP contribution in [0.4, 0.5) is 17.6 Å². The number of hydrogen-bond donors (Lipinski definition) is 0.